The van der Waals surface area contributed by atoms with Gasteiger partial charge in [-0.3, -0.25) is 5.32 Å². The molecule has 0 saturated carbocycles. The maximum atomic E-state index is 13.0. The molecule has 5 rings (SSSR count). The number of amides is 1. The van der Waals surface area contributed by atoms with E-state index >= 15 is 0 Å². The van der Waals surface area contributed by atoms with E-state index in [1.807, 2.05) is 36.4 Å². The predicted octanol–water partition coefficient (Wildman–Crippen LogP) is 7.13. The van der Waals surface area contributed by atoms with E-state index in [2.05, 4.69) is 37.2 Å². The topological polar surface area (TPSA) is 73.9 Å². The first-order chi connectivity index (χ1) is 15.6. The molecule has 0 bridgehead atoms. The number of esters is 1. The van der Waals surface area contributed by atoms with E-state index in [1.165, 1.54) is 0 Å². The largest absolute Gasteiger partial charge is 0.456 e. The summed E-state index contributed by atoms with van der Waals surface area (Å²) in [4.78, 5) is 25.4. The monoisotopic (exact) mass is 571 g/mol. The summed E-state index contributed by atoms with van der Waals surface area (Å²) in [5, 5.41) is 2.76. The summed E-state index contributed by atoms with van der Waals surface area (Å²) in [6, 6.07) is 16.3. The zero-order valence-electron chi connectivity index (χ0n) is 18.0. The van der Waals surface area contributed by atoms with Crippen molar-refractivity contribution in [3.63, 3.8) is 0 Å². The van der Waals surface area contributed by atoms with Crippen molar-refractivity contribution in [1.29, 1.82) is 0 Å². The lowest BCUT2D eigenvalue weighted by Gasteiger charge is -2.36. The molecule has 0 fully saturated rings. The molecule has 0 atom stereocenters. The molecule has 1 N–H and O–H groups in total. The number of fused-ring (bicyclic) bond motifs is 6. The van der Waals surface area contributed by atoms with Crippen molar-refractivity contribution in [2.75, 3.05) is 5.32 Å². The Hall–Kier alpha value is -2.84. The van der Waals surface area contributed by atoms with Gasteiger partial charge < -0.3 is 14.2 Å². The van der Waals surface area contributed by atoms with Gasteiger partial charge in [0.25, 0.3) is 0 Å². The number of halogens is 2. The third-order valence-corrected chi connectivity index (χ3v) is 6.36. The quantitative estimate of drug-likeness (QED) is 0.314. The van der Waals surface area contributed by atoms with Crippen LogP contribution in [0.25, 0.3) is 0 Å². The molecule has 3 aromatic carbocycles. The number of rotatable bonds is 1. The molecule has 2 aliphatic heterocycles. The lowest BCUT2D eigenvalue weighted by molar-refractivity contribution is 0.0224. The van der Waals surface area contributed by atoms with Crippen LogP contribution in [0.15, 0.2) is 63.5 Å². The molecule has 0 aliphatic carbocycles. The fourth-order valence-electron chi connectivity index (χ4n) is 4.17. The van der Waals surface area contributed by atoms with Crippen LogP contribution in [0.4, 0.5) is 10.5 Å². The molecule has 0 unspecified atom stereocenters. The van der Waals surface area contributed by atoms with Gasteiger partial charge in [0.1, 0.15) is 17.1 Å². The Balaban J connectivity index is 1.70. The minimum absolute atomic E-state index is 0.425. The summed E-state index contributed by atoms with van der Waals surface area (Å²) in [5.74, 6) is 0.695. The molecular weight excluding hydrogens is 554 g/mol. The van der Waals surface area contributed by atoms with Gasteiger partial charge in [-0.1, -0.05) is 31.9 Å². The standard InChI is InChI=1S/C25H19Br2NO5/c1-24(2,3)33-23(30)28-15-6-7-16-19(12-15)25(32-22(16)29)17-8-4-13(26)10-20(17)31-21-11-14(27)5-9-18(21)25/h4-12H,1-3H3,(H,28,30). The van der Waals surface area contributed by atoms with E-state index in [9.17, 15) is 9.59 Å². The van der Waals surface area contributed by atoms with Gasteiger partial charge in [-0.15, -0.1) is 0 Å². The summed E-state index contributed by atoms with van der Waals surface area (Å²) >= 11 is 6.98. The smallest absolute Gasteiger partial charge is 0.412 e. The molecule has 0 aromatic heterocycles. The van der Waals surface area contributed by atoms with Crippen molar-refractivity contribution in [2.45, 2.75) is 32.0 Å². The number of benzene rings is 3. The maximum Gasteiger partial charge on any atom is 0.412 e. The number of carbonyl (C=O) groups is 2. The second-order valence-corrected chi connectivity index (χ2v) is 10.7. The van der Waals surface area contributed by atoms with Gasteiger partial charge in [0, 0.05) is 31.3 Å². The van der Waals surface area contributed by atoms with Crippen LogP contribution in [0, 0.1) is 0 Å². The molecule has 6 nitrogen and oxygen atoms in total. The highest BCUT2D eigenvalue weighted by atomic mass is 79.9. The number of anilines is 1. The second kappa shape index (κ2) is 7.60. The summed E-state index contributed by atoms with van der Waals surface area (Å²) in [6.07, 6.45) is -0.581. The van der Waals surface area contributed by atoms with E-state index in [-0.39, 0.29) is 0 Å². The zero-order chi connectivity index (χ0) is 23.5. The first kappa shape index (κ1) is 22.0. The first-order valence-electron chi connectivity index (χ1n) is 10.2. The van der Waals surface area contributed by atoms with Crippen LogP contribution in [-0.2, 0) is 15.1 Å². The van der Waals surface area contributed by atoms with Gasteiger partial charge in [0.15, 0.2) is 5.60 Å². The lowest BCUT2D eigenvalue weighted by atomic mass is 9.77. The maximum absolute atomic E-state index is 13.0. The molecule has 1 amide bonds. The average molecular weight is 573 g/mol. The van der Waals surface area contributed by atoms with Crippen molar-refractivity contribution in [3.8, 4) is 11.5 Å². The molecule has 33 heavy (non-hydrogen) atoms. The highest BCUT2D eigenvalue weighted by Gasteiger charge is 2.53. The van der Waals surface area contributed by atoms with Crippen LogP contribution in [0.3, 0.4) is 0 Å². The van der Waals surface area contributed by atoms with Crippen LogP contribution in [0.5, 0.6) is 11.5 Å². The Kier molecular flexibility index (Phi) is 5.06. The molecule has 3 aromatic rings. The summed E-state index contributed by atoms with van der Waals surface area (Å²) in [7, 11) is 0. The van der Waals surface area contributed by atoms with E-state index in [1.54, 1.807) is 39.0 Å². The van der Waals surface area contributed by atoms with Gasteiger partial charge in [-0.05, 0) is 75.4 Å². The predicted molar refractivity (Wildman–Crippen MR) is 130 cm³/mol. The van der Waals surface area contributed by atoms with E-state index < -0.39 is 23.3 Å². The third-order valence-electron chi connectivity index (χ3n) is 5.38. The lowest BCUT2D eigenvalue weighted by Crippen LogP contribution is -2.33. The Labute approximate surface area is 207 Å². The fraction of sp³-hybridized carbons (Fsp3) is 0.200. The highest BCUT2D eigenvalue weighted by molar-refractivity contribution is 9.10. The van der Waals surface area contributed by atoms with Crippen LogP contribution >= 0.6 is 31.9 Å². The number of ether oxygens (including phenoxy) is 3. The van der Waals surface area contributed by atoms with Gasteiger partial charge in [0.2, 0.25) is 0 Å². The molecule has 168 valence electrons. The van der Waals surface area contributed by atoms with Crippen molar-refractivity contribution in [1.82, 2.24) is 0 Å². The van der Waals surface area contributed by atoms with Crippen LogP contribution in [0.1, 0.15) is 47.8 Å². The van der Waals surface area contributed by atoms with Crippen molar-refractivity contribution < 1.29 is 23.8 Å². The number of nitrogens with one attached hydrogen (secondary N) is 1. The van der Waals surface area contributed by atoms with Crippen LogP contribution in [-0.4, -0.2) is 17.7 Å². The van der Waals surface area contributed by atoms with Gasteiger partial charge >= 0.3 is 12.1 Å². The van der Waals surface area contributed by atoms with E-state index in [0.29, 0.717) is 39.4 Å². The third kappa shape index (κ3) is 3.71. The molecule has 1 spiro atoms. The zero-order valence-corrected chi connectivity index (χ0v) is 21.2. The molecular formula is C25H19Br2NO5. The van der Waals surface area contributed by atoms with Gasteiger partial charge in [0.05, 0.1) is 5.56 Å². The minimum atomic E-state index is -1.22. The average Bonchev–Trinajstić information content (AvgIpc) is 2.98. The van der Waals surface area contributed by atoms with Crippen molar-refractivity contribution in [3.05, 3.63) is 85.8 Å². The molecule has 0 radical (unpaired) electrons. The number of carbonyl (C=O) groups excluding carboxylic acids is 2. The fourth-order valence-corrected chi connectivity index (χ4v) is 4.85. The number of hydrogen-bond acceptors (Lipinski definition) is 5. The van der Waals surface area contributed by atoms with Gasteiger partial charge in [-0.2, -0.15) is 0 Å². The highest BCUT2D eigenvalue weighted by Crippen LogP contribution is 2.57. The summed E-state index contributed by atoms with van der Waals surface area (Å²) in [5.41, 5.74) is 1.07. The van der Waals surface area contributed by atoms with Crippen LogP contribution < -0.4 is 10.1 Å². The minimum Gasteiger partial charge on any atom is -0.456 e. The van der Waals surface area contributed by atoms with Crippen LogP contribution in [0.2, 0.25) is 0 Å². The Morgan fingerprint density at radius 3 is 2.09 bits per heavy atom. The summed E-state index contributed by atoms with van der Waals surface area (Å²) < 4.78 is 19.4. The molecule has 2 aliphatic rings. The molecule has 0 saturated heterocycles. The van der Waals surface area contributed by atoms with E-state index in [4.69, 9.17) is 14.2 Å². The molecule has 8 heteroatoms. The van der Waals surface area contributed by atoms with Crippen molar-refractivity contribution >= 4 is 49.6 Å². The first-order valence-corrected chi connectivity index (χ1v) is 11.8. The normalized spacial score (nSPS) is 15.1. The number of hydrogen-bond donors (Lipinski definition) is 1. The summed E-state index contributed by atoms with van der Waals surface area (Å²) in [6.45, 7) is 5.38. The Bertz CT molecular complexity index is 1280. The Morgan fingerprint density at radius 1 is 0.909 bits per heavy atom. The second-order valence-electron chi connectivity index (χ2n) is 8.84. The van der Waals surface area contributed by atoms with Gasteiger partial charge in [-0.25, -0.2) is 9.59 Å². The molecule has 2 heterocycles. The Morgan fingerprint density at radius 2 is 1.52 bits per heavy atom. The SMILES string of the molecule is CC(C)(C)OC(=O)Nc1ccc2c(c1)C1(OC2=O)c2ccc(Br)cc2Oc2cc(Br)ccc21. The van der Waals surface area contributed by atoms with E-state index in [0.717, 1.165) is 8.95 Å². The van der Waals surface area contributed by atoms with Crippen molar-refractivity contribution in [2.24, 2.45) is 0 Å².